The zero-order chi connectivity index (χ0) is 13.2. The highest BCUT2D eigenvalue weighted by atomic mass is 19.4. The monoisotopic (exact) mass is 257 g/mol. The van der Waals surface area contributed by atoms with Crippen molar-refractivity contribution in [1.29, 1.82) is 0 Å². The summed E-state index contributed by atoms with van der Waals surface area (Å²) in [5.74, 6) is -0.260. The van der Waals surface area contributed by atoms with E-state index >= 15 is 0 Å². The van der Waals surface area contributed by atoms with Gasteiger partial charge in [-0.05, 0) is 30.7 Å². The predicted octanol–water partition coefficient (Wildman–Crippen LogP) is 2.73. The lowest BCUT2D eigenvalue weighted by molar-refractivity contribution is -0.274. The fraction of sp³-hybridized carbons (Fsp3) is 0.273. The molecule has 0 spiro atoms. The second-order valence-electron chi connectivity index (χ2n) is 3.53. The van der Waals surface area contributed by atoms with Gasteiger partial charge in [0.15, 0.2) is 0 Å². The molecule has 2 rings (SSSR count). The van der Waals surface area contributed by atoms with Gasteiger partial charge in [0.1, 0.15) is 5.75 Å². The van der Waals surface area contributed by atoms with Crippen molar-refractivity contribution in [2.24, 2.45) is 0 Å². The zero-order valence-electron chi connectivity index (χ0n) is 9.48. The minimum absolute atomic E-state index is 0.260. The van der Waals surface area contributed by atoms with Crippen molar-refractivity contribution < 1.29 is 17.9 Å². The van der Waals surface area contributed by atoms with E-state index in [1.54, 1.807) is 10.9 Å². The Morgan fingerprint density at radius 1 is 1.22 bits per heavy atom. The number of aromatic nitrogens is 3. The van der Waals surface area contributed by atoms with Gasteiger partial charge in [0.05, 0.1) is 17.6 Å². The molecule has 0 atom stereocenters. The zero-order valence-corrected chi connectivity index (χ0v) is 9.48. The van der Waals surface area contributed by atoms with E-state index in [2.05, 4.69) is 15.0 Å². The van der Waals surface area contributed by atoms with Gasteiger partial charge in [-0.25, -0.2) is 4.68 Å². The lowest BCUT2D eigenvalue weighted by Gasteiger charge is -2.09. The molecular formula is C11H10F3N3O. The third-order valence-corrected chi connectivity index (χ3v) is 2.30. The minimum Gasteiger partial charge on any atom is -0.406 e. The maximum absolute atomic E-state index is 12.0. The van der Waals surface area contributed by atoms with Crippen molar-refractivity contribution in [3.63, 3.8) is 0 Å². The maximum atomic E-state index is 12.0. The summed E-state index contributed by atoms with van der Waals surface area (Å²) in [5.41, 5.74) is 1.51. The van der Waals surface area contributed by atoms with E-state index in [0.29, 0.717) is 5.69 Å². The molecule has 96 valence electrons. The number of ether oxygens (including phenoxy) is 1. The van der Waals surface area contributed by atoms with Crippen LogP contribution < -0.4 is 4.74 Å². The van der Waals surface area contributed by atoms with E-state index < -0.39 is 6.36 Å². The van der Waals surface area contributed by atoms with Gasteiger partial charge in [0.25, 0.3) is 0 Å². The molecule has 18 heavy (non-hydrogen) atoms. The highest BCUT2D eigenvalue weighted by Gasteiger charge is 2.30. The summed E-state index contributed by atoms with van der Waals surface area (Å²) in [6, 6.07) is 5.47. The Balaban J connectivity index is 2.23. The molecule has 0 unspecified atom stereocenters. The molecule has 2 aromatic rings. The summed E-state index contributed by atoms with van der Waals surface area (Å²) in [4.78, 5) is 0. The minimum atomic E-state index is -4.68. The highest BCUT2D eigenvalue weighted by Crippen LogP contribution is 2.23. The summed E-state index contributed by atoms with van der Waals surface area (Å²) in [5, 5.41) is 7.62. The Labute approximate surface area is 101 Å². The largest absolute Gasteiger partial charge is 0.573 e. The SMILES string of the molecule is CCc1cnnn1-c1ccc(OC(F)(F)F)cc1. The van der Waals surface area contributed by atoms with E-state index in [1.807, 2.05) is 6.92 Å². The highest BCUT2D eigenvalue weighted by molar-refractivity contribution is 5.37. The van der Waals surface area contributed by atoms with Crippen molar-refractivity contribution in [1.82, 2.24) is 15.0 Å². The Bertz CT molecular complexity index is 519. The molecule has 7 heteroatoms. The fourth-order valence-corrected chi connectivity index (χ4v) is 1.50. The molecule has 0 N–H and O–H groups in total. The second kappa shape index (κ2) is 4.67. The van der Waals surface area contributed by atoms with Crippen molar-refractivity contribution in [3.05, 3.63) is 36.2 Å². The summed E-state index contributed by atoms with van der Waals surface area (Å²) in [6.45, 7) is 1.94. The quantitative estimate of drug-likeness (QED) is 0.848. The number of nitrogens with zero attached hydrogens (tertiary/aromatic N) is 3. The normalized spacial score (nSPS) is 11.6. The van der Waals surface area contributed by atoms with Crippen LogP contribution in [0.15, 0.2) is 30.5 Å². The number of hydrogen-bond donors (Lipinski definition) is 0. The molecule has 1 aromatic heterocycles. The Morgan fingerprint density at radius 2 is 1.89 bits per heavy atom. The first-order valence-corrected chi connectivity index (χ1v) is 5.25. The molecule has 1 heterocycles. The number of benzene rings is 1. The number of hydrogen-bond acceptors (Lipinski definition) is 3. The van der Waals surface area contributed by atoms with E-state index in [4.69, 9.17) is 0 Å². The molecular weight excluding hydrogens is 247 g/mol. The van der Waals surface area contributed by atoms with Gasteiger partial charge in [0.2, 0.25) is 0 Å². The van der Waals surface area contributed by atoms with Crippen LogP contribution in [0.1, 0.15) is 12.6 Å². The van der Waals surface area contributed by atoms with Crippen LogP contribution in [0.2, 0.25) is 0 Å². The Hall–Kier alpha value is -2.05. The molecule has 0 saturated carbocycles. The molecule has 4 nitrogen and oxygen atoms in total. The molecule has 0 amide bonds. The van der Waals surface area contributed by atoms with Crippen LogP contribution in [-0.4, -0.2) is 21.4 Å². The first-order valence-electron chi connectivity index (χ1n) is 5.25. The molecule has 0 aliphatic heterocycles. The van der Waals surface area contributed by atoms with Gasteiger partial charge in [-0.3, -0.25) is 0 Å². The molecule has 0 saturated heterocycles. The first-order chi connectivity index (χ1) is 8.49. The van der Waals surface area contributed by atoms with Gasteiger partial charge in [0, 0.05) is 0 Å². The second-order valence-corrected chi connectivity index (χ2v) is 3.53. The lowest BCUT2D eigenvalue weighted by atomic mass is 10.3. The van der Waals surface area contributed by atoms with Crippen LogP contribution >= 0.6 is 0 Å². The van der Waals surface area contributed by atoms with Crippen LogP contribution in [0.5, 0.6) is 5.75 Å². The van der Waals surface area contributed by atoms with Crippen molar-refractivity contribution in [2.75, 3.05) is 0 Å². The predicted molar refractivity (Wildman–Crippen MR) is 57.4 cm³/mol. The Morgan fingerprint density at radius 3 is 2.44 bits per heavy atom. The summed E-state index contributed by atoms with van der Waals surface area (Å²) in [7, 11) is 0. The number of halogens is 3. The first kappa shape index (κ1) is 12.4. The number of alkyl halides is 3. The van der Waals surface area contributed by atoms with Gasteiger partial charge in [-0.2, -0.15) is 0 Å². The van der Waals surface area contributed by atoms with Crippen molar-refractivity contribution in [2.45, 2.75) is 19.7 Å². The molecule has 0 aliphatic carbocycles. The van der Waals surface area contributed by atoms with Gasteiger partial charge in [-0.1, -0.05) is 12.1 Å². The van der Waals surface area contributed by atoms with Crippen LogP contribution in [-0.2, 0) is 6.42 Å². The number of rotatable bonds is 3. The third kappa shape index (κ3) is 2.79. The summed E-state index contributed by atoms with van der Waals surface area (Å²) < 4.78 is 41.3. The van der Waals surface area contributed by atoms with Crippen LogP contribution in [0.3, 0.4) is 0 Å². The van der Waals surface area contributed by atoms with Gasteiger partial charge < -0.3 is 4.74 Å². The molecule has 0 radical (unpaired) electrons. The maximum Gasteiger partial charge on any atom is 0.573 e. The molecule has 0 bridgehead atoms. The number of aryl methyl sites for hydroxylation is 1. The van der Waals surface area contributed by atoms with Crippen molar-refractivity contribution in [3.8, 4) is 11.4 Å². The van der Waals surface area contributed by atoms with E-state index in [-0.39, 0.29) is 5.75 Å². The third-order valence-electron chi connectivity index (χ3n) is 2.30. The Kier molecular flexibility index (Phi) is 3.22. The summed E-state index contributed by atoms with van der Waals surface area (Å²) >= 11 is 0. The van der Waals surface area contributed by atoms with Gasteiger partial charge in [-0.15, -0.1) is 18.3 Å². The van der Waals surface area contributed by atoms with Gasteiger partial charge >= 0.3 is 6.36 Å². The smallest absolute Gasteiger partial charge is 0.406 e. The average molecular weight is 257 g/mol. The van der Waals surface area contributed by atoms with E-state index in [0.717, 1.165) is 12.1 Å². The standard InChI is InChI=1S/C11H10F3N3O/c1-2-8-7-15-16-17(8)9-3-5-10(6-4-9)18-11(12,13)14/h3-7H,2H2,1H3. The van der Waals surface area contributed by atoms with E-state index in [1.165, 1.54) is 24.3 Å². The molecule has 0 fully saturated rings. The molecule has 0 aliphatic rings. The fourth-order valence-electron chi connectivity index (χ4n) is 1.50. The van der Waals surface area contributed by atoms with Crippen molar-refractivity contribution >= 4 is 0 Å². The van der Waals surface area contributed by atoms with E-state index in [9.17, 15) is 13.2 Å². The molecule has 1 aromatic carbocycles. The van der Waals surface area contributed by atoms with Crippen LogP contribution in [0, 0.1) is 0 Å². The van der Waals surface area contributed by atoms with Crippen LogP contribution in [0.25, 0.3) is 5.69 Å². The topological polar surface area (TPSA) is 39.9 Å². The summed E-state index contributed by atoms with van der Waals surface area (Å²) in [6.07, 6.45) is -2.34. The lowest BCUT2D eigenvalue weighted by Crippen LogP contribution is -2.17. The van der Waals surface area contributed by atoms with Crippen LogP contribution in [0.4, 0.5) is 13.2 Å². The average Bonchev–Trinajstić information content (AvgIpc) is 2.76.